The summed E-state index contributed by atoms with van der Waals surface area (Å²) >= 11 is 1.88. The molecule has 3 nitrogen and oxygen atoms in total. The molecule has 1 N–H and O–H groups in total. The lowest BCUT2D eigenvalue weighted by molar-refractivity contribution is 0.294. The van der Waals surface area contributed by atoms with Crippen molar-refractivity contribution in [3.63, 3.8) is 0 Å². The van der Waals surface area contributed by atoms with Gasteiger partial charge in [-0.1, -0.05) is 13.8 Å². The maximum absolute atomic E-state index is 9.78. The highest BCUT2D eigenvalue weighted by Gasteiger charge is 2.19. The summed E-state index contributed by atoms with van der Waals surface area (Å²) < 4.78 is 1.68. The molecule has 0 amide bonds. The fourth-order valence-corrected chi connectivity index (χ4v) is 2.16. The van der Waals surface area contributed by atoms with E-state index in [0.29, 0.717) is 5.25 Å². The predicted molar refractivity (Wildman–Crippen MR) is 69.9 cm³/mol. The number of aromatic nitrogens is 2. The summed E-state index contributed by atoms with van der Waals surface area (Å²) in [7, 11) is 0. The summed E-state index contributed by atoms with van der Waals surface area (Å²) in [5, 5.41) is 14.9. The maximum atomic E-state index is 9.78. The van der Waals surface area contributed by atoms with E-state index in [1.165, 1.54) is 0 Å². The van der Waals surface area contributed by atoms with Crippen LogP contribution >= 0.6 is 11.8 Å². The van der Waals surface area contributed by atoms with Crippen molar-refractivity contribution in [1.82, 2.24) is 9.78 Å². The minimum atomic E-state index is -0.163. The number of rotatable bonds is 4. The molecule has 4 heteroatoms. The molecule has 1 heterocycles. The molecular formula is C12H22N2OS. The minimum absolute atomic E-state index is 0.163. The summed E-state index contributed by atoms with van der Waals surface area (Å²) in [5.41, 5.74) is 0.793. The molecule has 0 saturated heterocycles. The quantitative estimate of drug-likeness (QED) is 0.879. The molecule has 0 aliphatic carbocycles. The summed E-state index contributed by atoms with van der Waals surface area (Å²) in [5.74, 6) is 1.12. The lowest BCUT2D eigenvalue weighted by Crippen LogP contribution is -2.22. The summed E-state index contributed by atoms with van der Waals surface area (Å²) in [6.45, 7) is 10.5. The molecule has 1 unspecified atom stereocenters. The first kappa shape index (κ1) is 13.4. The van der Waals surface area contributed by atoms with E-state index in [2.05, 4.69) is 18.9 Å². The zero-order chi connectivity index (χ0) is 12.3. The van der Waals surface area contributed by atoms with E-state index in [-0.39, 0.29) is 11.4 Å². The Hall–Kier alpha value is -0.640. The van der Waals surface area contributed by atoms with Crippen molar-refractivity contribution in [2.75, 3.05) is 0 Å². The maximum Gasteiger partial charge on any atom is 0.210 e. The van der Waals surface area contributed by atoms with Crippen LogP contribution in [0.25, 0.3) is 0 Å². The Kier molecular flexibility index (Phi) is 4.30. The van der Waals surface area contributed by atoms with Gasteiger partial charge in [0.1, 0.15) is 0 Å². The Morgan fingerprint density at radius 3 is 2.56 bits per heavy atom. The molecule has 0 aliphatic heterocycles. The Morgan fingerprint density at radius 2 is 2.12 bits per heavy atom. The number of nitrogens with zero attached hydrogens (tertiary/aromatic N) is 2. The van der Waals surface area contributed by atoms with Crippen molar-refractivity contribution in [3.8, 4) is 5.88 Å². The second-order valence-electron chi connectivity index (χ2n) is 5.11. The Morgan fingerprint density at radius 1 is 1.50 bits per heavy atom. The number of hydrogen-bond donors (Lipinski definition) is 1. The largest absolute Gasteiger partial charge is 0.493 e. The molecule has 0 bridgehead atoms. The minimum Gasteiger partial charge on any atom is -0.493 e. The van der Waals surface area contributed by atoms with Crippen molar-refractivity contribution in [2.24, 2.45) is 0 Å². The van der Waals surface area contributed by atoms with Gasteiger partial charge in [-0.2, -0.15) is 16.9 Å². The van der Waals surface area contributed by atoms with Gasteiger partial charge in [-0.25, -0.2) is 4.68 Å². The lowest BCUT2D eigenvalue weighted by Gasteiger charge is -2.19. The first-order chi connectivity index (χ1) is 7.34. The standard InChI is InChI=1S/C12H22N2OS/c1-6-9(2)16-8-10-7-11(15)14(13-10)12(3,4)5/h7,9,15H,6,8H2,1-5H3. The molecule has 0 spiro atoms. The van der Waals surface area contributed by atoms with Crippen LogP contribution in [-0.2, 0) is 11.3 Å². The van der Waals surface area contributed by atoms with Gasteiger partial charge in [0.05, 0.1) is 11.2 Å². The van der Waals surface area contributed by atoms with Gasteiger partial charge in [-0.05, 0) is 27.2 Å². The molecule has 92 valence electrons. The third-order valence-electron chi connectivity index (χ3n) is 2.47. The van der Waals surface area contributed by atoms with Gasteiger partial charge in [0.25, 0.3) is 0 Å². The second-order valence-corrected chi connectivity index (χ2v) is 6.53. The van der Waals surface area contributed by atoms with Gasteiger partial charge in [0, 0.05) is 17.1 Å². The number of thioether (sulfide) groups is 1. The van der Waals surface area contributed by atoms with E-state index >= 15 is 0 Å². The van der Waals surface area contributed by atoms with E-state index in [1.54, 1.807) is 10.7 Å². The smallest absolute Gasteiger partial charge is 0.210 e. The van der Waals surface area contributed by atoms with Gasteiger partial charge >= 0.3 is 0 Å². The monoisotopic (exact) mass is 242 g/mol. The molecule has 0 saturated carbocycles. The summed E-state index contributed by atoms with van der Waals surface area (Å²) in [4.78, 5) is 0. The van der Waals surface area contributed by atoms with Gasteiger partial charge in [0.2, 0.25) is 5.88 Å². The topological polar surface area (TPSA) is 38.0 Å². The third-order valence-corrected chi connectivity index (χ3v) is 3.83. The molecule has 1 atom stereocenters. The molecule has 0 aromatic carbocycles. The van der Waals surface area contributed by atoms with Crippen molar-refractivity contribution in [3.05, 3.63) is 11.8 Å². The lowest BCUT2D eigenvalue weighted by atomic mass is 10.1. The zero-order valence-corrected chi connectivity index (χ0v) is 11.6. The average molecular weight is 242 g/mol. The van der Waals surface area contributed by atoms with Crippen molar-refractivity contribution < 1.29 is 5.11 Å². The molecule has 0 radical (unpaired) electrons. The first-order valence-corrected chi connectivity index (χ1v) is 6.79. The summed E-state index contributed by atoms with van der Waals surface area (Å²) in [6.07, 6.45) is 1.16. The van der Waals surface area contributed by atoms with Gasteiger partial charge in [-0.3, -0.25) is 0 Å². The number of hydrogen-bond acceptors (Lipinski definition) is 3. The highest BCUT2D eigenvalue weighted by Crippen LogP contribution is 2.25. The van der Waals surface area contributed by atoms with Crippen molar-refractivity contribution in [2.45, 2.75) is 57.6 Å². The molecule has 1 aromatic heterocycles. The highest BCUT2D eigenvalue weighted by atomic mass is 32.2. The van der Waals surface area contributed by atoms with Crippen LogP contribution in [0.4, 0.5) is 0 Å². The fraction of sp³-hybridized carbons (Fsp3) is 0.750. The Bertz CT molecular complexity index is 341. The van der Waals surface area contributed by atoms with Crippen LogP contribution in [0.5, 0.6) is 5.88 Å². The van der Waals surface area contributed by atoms with E-state index in [1.807, 2.05) is 32.5 Å². The van der Waals surface area contributed by atoms with Crippen molar-refractivity contribution >= 4 is 11.8 Å². The zero-order valence-electron chi connectivity index (χ0n) is 10.8. The van der Waals surface area contributed by atoms with E-state index in [0.717, 1.165) is 17.9 Å². The SMILES string of the molecule is CCC(C)SCc1cc(O)n(C(C)(C)C)n1. The fourth-order valence-electron chi connectivity index (χ4n) is 1.33. The molecular weight excluding hydrogens is 220 g/mol. The third kappa shape index (κ3) is 3.44. The first-order valence-electron chi connectivity index (χ1n) is 5.74. The van der Waals surface area contributed by atoms with E-state index in [9.17, 15) is 5.11 Å². The van der Waals surface area contributed by atoms with Crippen LogP contribution < -0.4 is 0 Å². The average Bonchev–Trinajstić information content (AvgIpc) is 2.55. The van der Waals surface area contributed by atoms with Gasteiger partial charge < -0.3 is 5.11 Å². The highest BCUT2D eigenvalue weighted by molar-refractivity contribution is 7.99. The van der Waals surface area contributed by atoms with E-state index in [4.69, 9.17) is 0 Å². The van der Waals surface area contributed by atoms with Crippen LogP contribution in [0, 0.1) is 0 Å². The normalized spacial score (nSPS) is 14.1. The molecule has 1 aromatic rings. The second kappa shape index (κ2) is 5.13. The number of aromatic hydroxyl groups is 1. The van der Waals surface area contributed by atoms with Gasteiger partial charge in [0.15, 0.2) is 0 Å². The van der Waals surface area contributed by atoms with Crippen LogP contribution in [-0.4, -0.2) is 20.1 Å². The molecule has 0 fully saturated rings. The Labute approximate surface area is 102 Å². The Balaban J connectivity index is 2.70. The van der Waals surface area contributed by atoms with Crippen LogP contribution in [0.1, 0.15) is 46.7 Å². The summed E-state index contributed by atoms with van der Waals surface area (Å²) in [6, 6.07) is 1.76. The van der Waals surface area contributed by atoms with E-state index < -0.39 is 0 Å². The predicted octanol–water partition coefficient (Wildman–Crippen LogP) is 3.38. The van der Waals surface area contributed by atoms with Gasteiger partial charge in [-0.15, -0.1) is 0 Å². The molecule has 1 rings (SSSR count). The molecule has 0 aliphatic rings. The van der Waals surface area contributed by atoms with Crippen LogP contribution in [0.2, 0.25) is 0 Å². The van der Waals surface area contributed by atoms with Crippen LogP contribution in [0.3, 0.4) is 0 Å². The van der Waals surface area contributed by atoms with Crippen LogP contribution in [0.15, 0.2) is 6.07 Å². The molecule has 16 heavy (non-hydrogen) atoms. The van der Waals surface area contributed by atoms with Crippen molar-refractivity contribution in [1.29, 1.82) is 0 Å².